The van der Waals surface area contributed by atoms with Gasteiger partial charge in [0.25, 0.3) is 0 Å². The summed E-state index contributed by atoms with van der Waals surface area (Å²) in [5.41, 5.74) is 6.79. The highest BCUT2D eigenvalue weighted by Gasteiger charge is 2.30. The van der Waals surface area contributed by atoms with Crippen molar-refractivity contribution in [1.29, 1.82) is 0 Å². The third-order valence-corrected chi connectivity index (χ3v) is 6.37. The second-order valence-electron chi connectivity index (χ2n) is 7.35. The van der Waals surface area contributed by atoms with Crippen LogP contribution in [0, 0.1) is 0 Å². The molecule has 130 valence electrons. The van der Waals surface area contributed by atoms with Crippen LogP contribution in [0.1, 0.15) is 35.1 Å². The number of hydrogen-bond donors (Lipinski definition) is 2. The monoisotopic (exact) mass is 346 g/mol. The number of carbonyl (C=O) groups is 1. The molecule has 4 rings (SSSR count). The summed E-state index contributed by atoms with van der Waals surface area (Å²) in [6, 6.07) is 2.90. The van der Waals surface area contributed by atoms with Crippen LogP contribution < -0.4 is 10.0 Å². The predicted octanol–water partition coefficient (Wildman–Crippen LogP) is 2.59. The summed E-state index contributed by atoms with van der Waals surface area (Å²) < 4.78 is 5.13. The van der Waals surface area contributed by atoms with Gasteiger partial charge in [0.15, 0.2) is 0 Å². The molecular weight excluding hydrogens is 320 g/mol. The summed E-state index contributed by atoms with van der Waals surface area (Å²) >= 11 is 1.42. The molecule has 1 heterocycles. The lowest BCUT2D eigenvalue weighted by Crippen LogP contribution is -2.55. The van der Waals surface area contributed by atoms with Gasteiger partial charge in [0.05, 0.1) is 0 Å². The Hall–Kier alpha value is -1.24. The minimum Gasteiger partial charge on any atom is -0.307 e. The van der Waals surface area contributed by atoms with Gasteiger partial charge in [-0.1, -0.05) is 6.07 Å². The average Bonchev–Trinajstić information content (AvgIpc) is 3.13. The number of hydrogen-bond acceptors (Lipinski definition) is 4. The quantitative estimate of drug-likeness (QED) is 0.823. The van der Waals surface area contributed by atoms with Crippen molar-refractivity contribution in [3.8, 4) is 0 Å². The smallest absolute Gasteiger partial charge is 0.307 e. The fourth-order valence-electron chi connectivity index (χ4n) is 4.03. The molecular formula is C18H26N4OS. The zero-order chi connectivity index (χ0) is 16.7. The van der Waals surface area contributed by atoms with Gasteiger partial charge >= 0.3 is 6.03 Å². The molecule has 1 aliphatic heterocycles. The lowest BCUT2D eigenvalue weighted by atomic mass is 9.99. The molecule has 0 aromatic heterocycles. The van der Waals surface area contributed by atoms with Crippen molar-refractivity contribution in [1.82, 2.24) is 13.9 Å². The van der Waals surface area contributed by atoms with Gasteiger partial charge < -0.3 is 10.2 Å². The number of fused-ring (bicyclic) bond motifs is 2. The second-order valence-corrected chi connectivity index (χ2v) is 8.25. The highest BCUT2D eigenvalue weighted by molar-refractivity contribution is 7.95. The maximum Gasteiger partial charge on any atom is 0.330 e. The molecule has 1 fully saturated rings. The molecule has 0 bridgehead atoms. The SMILES string of the molecule is CN(C)C1CN(SNC(=O)Nc2c3c(cc4c2CCC4)CCC3)C1. The lowest BCUT2D eigenvalue weighted by Gasteiger charge is -2.41. The maximum absolute atomic E-state index is 12.4. The Morgan fingerprint density at radius 3 is 2.33 bits per heavy atom. The predicted molar refractivity (Wildman–Crippen MR) is 99.3 cm³/mol. The van der Waals surface area contributed by atoms with Crippen LogP contribution in [0.3, 0.4) is 0 Å². The Bertz CT molecular complexity index is 623. The first kappa shape index (κ1) is 16.2. The van der Waals surface area contributed by atoms with Crippen LogP contribution in [0.4, 0.5) is 10.5 Å². The first-order valence-corrected chi connectivity index (χ1v) is 9.71. The van der Waals surface area contributed by atoms with Gasteiger partial charge in [-0.3, -0.25) is 4.72 Å². The molecule has 3 aliphatic rings. The summed E-state index contributed by atoms with van der Waals surface area (Å²) in [6.07, 6.45) is 6.94. The summed E-state index contributed by atoms with van der Waals surface area (Å²) in [4.78, 5) is 14.6. The third kappa shape index (κ3) is 3.03. The topological polar surface area (TPSA) is 47.6 Å². The number of carbonyl (C=O) groups excluding carboxylic acids is 1. The molecule has 2 N–H and O–H groups in total. The van der Waals surface area contributed by atoms with Gasteiger partial charge in [-0.25, -0.2) is 9.10 Å². The Morgan fingerprint density at radius 1 is 1.12 bits per heavy atom. The van der Waals surface area contributed by atoms with E-state index >= 15 is 0 Å². The normalized spacial score (nSPS) is 20.0. The number of anilines is 1. The molecule has 0 radical (unpaired) electrons. The van der Waals surface area contributed by atoms with Crippen molar-refractivity contribution in [3.63, 3.8) is 0 Å². The van der Waals surface area contributed by atoms with E-state index in [9.17, 15) is 4.79 Å². The van der Waals surface area contributed by atoms with Crippen molar-refractivity contribution in [2.24, 2.45) is 0 Å². The Kier molecular flexibility index (Phi) is 4.45. The highest BCUT2D eigenvalue weighted by Crippen LogP contribution is 2.38. The molecule has 5 nitrogen and oxygen atoms in total. The van der Waals surface area contributed by atoms with Crippen molar-refractivity contribution >= 4 is 23.9 Å². The van der Waals surface area contributed by atoms with Gasteiger partial charge in [0, 0.05) is 37.0 Å². The second kappa shape index (κ2) is 6.58. The summed E-state index contributed by atoms with van der Waals surface area (Å²) in [6.45, 7) is 1.99. The van der Waals surface area contributed by atoms with Crippen LogP contribution in [0.5, 0.6) is 0 Å². The van der Waals surface area contributed by atoms with E-state index in [0.29, 0.717) is 6.04 Å². The van der Waals surface area contributed by atoms with Crippen LogP contribution in [-0.2, 0) is 25.7 Å². The minimum atomic E-state index is -0.0947. The molecule has 0 atom stereocenters. The Labute approximate surface area is 148 Å². The number of urea groups is 1. The van der Waals surface area contributed by atoms with Crippen LogP contribution in [-0.4, -0.2) is 48.5 Å². The van der Waals surface area contributed by atoms with Gasteiger partial charge in [0.2, 0.25) is 0 Å². The molecule has 0 spiro atoms. The van der Waals surface area contributed by atoms with Gasteiger partial charge in [-0.05, 0) is 74.9 Å². The highest BCUT2D eigenvalue weighted by atomic mass is 32.2. The van der Waals surface area contributed by atoms with Crippen molar-refractivity contribution in [3.05, 3.63) is 28.3 Å². The molecule has 0 unspecified atom stereocenters. The van der Waals surface area contributed by atoms with E-state index in [-0.39, 0.29) is 6.03 Å². The molecule has 2 amide bonds. The van der Waals surface area contributed by atoms with Gasteiger partial charge in [0.1, 0.15) is 0 Å². The largest absolute Gasteiger partial charge is 0.330 e. The zero-order valence-corrected chi connectivity index (χ0v) is 15.3. The number of rotatable bonds is 4. The van der Waals surface area contributed by atoms with E-state index in [0.717, 1.165) is 44.5 Å². The van der Waals surface area contributed by atoms with Gasteiger partial charge in [-0.15, -0.1) is 0 Å². The minimum absolute atomic E-state index is 0.0947. The molecule has 24 heavy (non-hydrogen) atoms. The van der Waals surface area contributed by atoms with E-state index in [2.05, 4.69) is 39.4 Å². The van der Waals surface area contributed by atoms with Crippen LogP contribution in [0.2, 0.25) is 0 Å². The lowest BCUT2D eigenvalue weighted by molar-refractivity contribution is 0.143. The number of benzene rings is 1. The number of likely N-dealkylation sites (N-methyl/N-ethyl adjacent to an activating group) is 1. The molecule has 2 aliphatic carbocycles. The van der Waals surface area contributed by atoms with E-state index in [4.69, 9.17) is 0 Å². The fourth-order valence-corrected chi connectivity index (χ4v) is 4.79. The van der Waals surface area contributed by atoms with Crippen molar-refractivity contribution in [2.75, 3.05) is 32.5 Å². The summed E-state index contributed by atoms with van der Waals surface area (Å²) in [5, 5.41) is 3.17. The van der Waals surface area contributed by atoms with Crippen LogP contribution >= 0.6 is 12.1 Å². The van der Waals surface area contributed by atoms with Crippen molar-refractivity contribution < 1.29 is 4.79 Å². The third-order valence-electron chi connectivity index (χ3n) is 5.54. The number of amides is 2. The maximum atomic E-state index is 12.4. The molecule has 1 saturated heterocycles. The van der Waals surface area contributed by atoms with E-state index < -0.39 is 0 Å². The van der Waals surface area contributed by atoms with Crippen LogP contribution in [0.25, 0.3) is 0 Å². The molecule has 1 aromatic carbocycles. The van der Waals surface area contributed by atoms with E-state index in [1.807, 2.05) is 0 Å². The summed E-state index contributed by atoms with van der Waals surface area (Å²) in [5.74, 6) is 0. The average molecular weight is 347 g/mol. The molecule has 0 saturated carbocycles. The van der Waals surface area contributed by atoms with E-state index in [1.165, 1.54) is 47.2 Å². The first-order chi connectivity index (χ1) is 11.6. The zero-order valence-electron chi connectivity index (χ0n) is 14.5. The Balaban J connectivity index is 1.38. The Morgan fingerprint density at radius 2 is 1.75 bits per heavy atom. The number of nitrogens with one attached hydrogen (secondary N) is 2. The summed E-state index contributed by atoms with van der Waals surface area (Å²) in [7, 11) is 4.20. The fraction of sp³-hybridized carbons (Fsp3) is 0.611. The number of aryl methyl sites for hydroxylation is 2. The van der Waals surface area contributed by atoms with Crippen molar-refractivity contribution in [2.45, 2.75) is 44.6 Å². The van der Waals surface area contributed by atoms with Gasteiger partial charge in [-0.2, -0.15) is 0 Å². The number of nitrogens with zero attached hydrogens (tertiary/aromatic N) is 2. The standard InChI is InChI=1S/C18H26N4OS/c1-21(2)14-10-22(11-14)24-20-18(23)19-17-15-7-3-5-12(15)9-13-6-4-8-16(13)17/h9,14H,3-8,10-11H2,1-2H3,(H2,19,20,23). The molecule has 1 aromatic rings. The van der Waals surface area contributed by atoms with Crippen LogP contribution in [0.15, 0.2) is 6.07 Å². The van der Waals surface area contributed by atoms with E-state index in [1.54, 1.807) is 0 Å². The first-order valence-electron chi connectivity index (χ1n) is 8.93. The molecule has 6 heteroatoms.